The highest BCUT2D eigenvalue weighted by Crippen LogP contribution is 2.39. The molecule has 0 saturated carbocycles. The highest BCUT2D eigenvalue weighted by atomic mass is 19.4. The van der Waals surface area contributed by atoms with Crippen molar-refractivity contribution in [2.45, 2.75) is 6.18 Å². The van der Waals surface area contributed by atoms with E-state index in [1.54, 1.807) is 30.3 Å². The maximum Gasteiger partial charge on any atom is 0.420 e. The molecule has 0 unspecified atom stereocenters. The summed E-state index contributed by atoms with van der Waals surface area (Å²) in [6, 6.07) is 12.2. The van der Waals surface area contributed by atoms with Crippen molar-refractivity contribution in [3.63, 3.8) is 0 Å². The number of hydrogen-bond acceptors (Lipinski definition) is 2. The number of hydrogen-bond donors (Lipinski definition) is 0. The predicted octanol–water partition coefficient (Wildman–Crippen LogP) is 4.51. The summed E-state index contributed by atoms with van der Waals surface area (Å²) in [4.78, 5) is 0. The third-order valence-electron chi connectivity index (χ3n) is 2.46. The normalized spacial score (nSPS) is 11.2. The molecule has 0 aliphatic heterocycles. The van der Waals surface area contributed by atoms with Crippen molar-refractivity contribution in [2.75, 3.05) is 7.11 Å². The molecule has 5 heteroatoms. The summed E-state index contributed by atoms with van der Waals surface area (Å²) in [6.07, 6.45) is -4.48. The minimum atomic E-state index is -4.48. The van der Waals surface area contributed by atoms with Gasteiger partial charge in [-0.05, 0) is 30.3 Å². The van der Waals surface area contributed by atoms with E-state index in [1.165, 1.54) is 19.2 Å². The SMILES string of the molecule is COc1ccc(Oc2ccccc2)cc1C(F)(F)F. The zero-order chi connectivity index (χ0) is 13.9. The quantitative estimate of drug-likeness (QED) is 0.815. The van der Waals surface area contributed by atoms with Crippen LogP contribution in [0.25, 0.3) is 0 Å². The lowest BCUT2D eigenvalue weighted by atomic mass is 10.2. The van der Waals surface area contributed by atoms with Gasteiger partial charge in [0.2, 0.25) is 0 Å². The van der Waals surface area contributed by atoms with E-state index in [9.17, 15) is 13.2 Å². The summed E-state index contributed by atoms with van der Waals surface area (Å²) < 4.78 is 48.5. The van der Waals surface area contributed by atoms with Crippen LogP contribution in [0.1, 0.15) is 5.56 Å². The number of alkyl halides is 3. The second-order valence-corrected chi connectivity index (χ2v) is 3.77. The number of rotatable bonds is 3. The lowest BCUT2D eigenvalue weighted by Crippen LogP contribution is -2.07. The van der Waals surface area contributed by atoms with Gasteiger partial charge in [0.05, 0.1) is 7.11 Å². The number of methoxy groups -OCH3 is 1. The van der Waals surface area contributed by atoms with Gasteiger partial charge in [0.1, 0.15) is 22.8 Å². The number of ether oxygens (including phenoxy) is 2. The Balaban J connectivity index is 2.33. The second kappa shape index (κ2) is 5.22. The number of halogens is 3. The van der Waals surface area contributed by atoms with Crippen LogP contribution < -0.4 is 9.47 Å². The molecule has 0 aromatic heterocycles. The third kappa shape index (κ3) is 3.19. The summed E-state index contributed by atoms with van der Waals surface area (Å²) >= 11 is 0. The fourth-order valence-corrected chi connectivity index (χ4v) is 1.60. The van der Waals surface area contributed by atoms with Crippen molar-refractivity contribution in [1.29, 1.82) is 0 Å². The molecule has 0 heterocycles. The fourth-order valence-electron chi connectivity index (χ4n) is 1.60. The van der Waals surface area contributed by atoms with Crippen molar-refractivity contribution >= 4 is 0 Å². The second-order valence-electron chi connectivity index (χ2n) is 3.77. The van der Waals surface area contributed by atoms with Crippen molar-refractivity contribution in [3.05, 3.63) is 54.1 Å². The molecular weight excluding hydrogens is 257 g/mol. The summed E-state index contributed by atoms with van der Waals surface area (Å²) in [7, 11) is 1.20. The average Bonchev–Trinajstić information content (AvgIpc) is 2.39. The van der Waals surface area contributed by atoms with Gasteiger partial charge in [0, 0.05) is 0 Å². The van der Waals surface area contributed by atoms with E-state index in [1.807, 2.05) is 0 Å². The Morgan fingerprint density at radius 3 is 2.16 bits per heavy atom. The average molecular weight is 268 g/mol. The van der Waals surface area contributed by atoms with E-state index in [2.05, 4.69) is 0 Å². The molecule has 0 amide bonds. The van der Waals surface area contributed by atoms with Crippen LogP contribution >= 0.6 is 0 Å². The van der Waals surface area contributed by atoms with Crippen molar-refractivity contribution in [1.82, 2.24) is 0 Å². The topological polar surface area (TPSA) is 18.5 Å². The molecule has 2 rings (SSSR count). The van der Waals surface area contributed by atoms with Gasteiger partial charge in [-0.1, -0.05) is 18.2 Å². The predicted molar refractivity (Wildman–Crippen MR) is 64.5 cm³/mol. The Hall–Kier alpha value is -2.17. The molecule has 100 valence electrons. The van der Waals surface area contributed by atoms with Gasteiger partial charge < -0.3 is 9.47 Å². The van der Waals surface area contributed by atoms with Crippen LogP contribution in [-0.4, -0.2) is 7.11 Å². The van der Waals surface area contributed by atoms with Crippen molar-refractivity contribution in [2.24, 2.45) is 0 Å². The molecule has 0 radical (unpaired) electrons. The van der Waals surface area contributed by atoms with Gasteiger partial charge in [0.25, 0.3) is 0 Å². The van der Waals surface area contributed by atoms with Crippen LogP contribution in [-0.2, 0) is 6.18 Å². The maximum absolute atomic E-state index is 12.8. The molecule has 2 aromatic carbocycles. The first kappa shape index (κ1) is 13.3. The molecule has 0 fully saturated rings. The number of para-hydroxylation sites is 1. The smallest absolute Gasteiger partial charge is 0.420 e. The van der Waals surface area contributed by atoms with Gasteiger partial charge in [0.15, 0.2) is 0 Å². The van der Waals surface area contributed by atoms with Gasteiger partial charge >= 0.3 is 6.18 Å². The van der Waals surface area contributed by atoms with E-state index < -0.39 is 11.7 Å². The zero-order valence-electron chi connectivity index (χ0n) is 10.1. The molecule has 0 atom stereocenters. The zero-order valence-corrected chi connectivity index (χ0v) is 10.1. The van der Waals surface area contributed by atoms with Crippen molar-refractivity contribution < 1.29 is 22.6 Å². The molecule has 0 aliphatic carbocycles. The van der Waals surface area contributed by atoms with Crippen LogP contribution in [0.5, 0.6) is 17.2 Å². The first-order chi connectivity index (χ1) is 9.00. The molecular formula is C14H11F3O2. The van der Waals surface area contributed by atoms with Gasteiger partial charge in [-0.3, -0.25) is 0 Å². The molecule has 0 N–H and O–H groups in total. The van der Waals surface area contributed by atoms with Gasteiger partial charge in [-0.2, -0.15) is 13.2 Å². The van der Waals surface area contributed by atoms with Crippen LogP contribution in [0.3, 0.4) is 0 Å². The van der Waals surface area contributed by atoms with E-state index in [-0.39, 0.29) is 11.5 Å². The molecule has 0 spiro atoms. The Morgan fingerprint density at radius 2 is 1.58 bits per heavy atom. The highest BCUT2D eigenvalue weighted by Gasteiger charge is 2.34. The van der Waals surface area contributed by atoms with Gasteiger partial charge in [-0.25, -0.2) is 0 Å². The third-order valence-corrected chi connectivity index (χ3v) is 2.46. The first-order valence-electron chi connectivity index (χ1n) is 5.49. The van der Waals surface area contributed by atoms with Crippen LogP contribution in [0.2, 0.25) is 0 Å². The maximum atomic E-state index is 12.8. The monoisotopic (exact) mass is 268 g/mol. The summed E-state index contributed by atoms with van der Waals surface area (Å²) in [6.45, 7) is 0. The Labute approximate surface area is 108 Å². The first-order valence-corrected chi connectivity index (χ1v) is 5.49. The summed E-state index contributed by atoms with van der Waals surface area (Å²) in [5, 5.41) is 0. The molecule has 0 aliphatic rings. The molecule has 2 nitrogen and oxygen atoms in total. The van der Waals surface area contributed by atoms with Gasteiger partial charge in [-0.15, -0.1) is 0 Å². The fraction of sp³-hybridized carbons (Fsp3) is 0.143. The van der Waals surface area contributed by atoms with E-state index >= 15 is 0 Å². The standard InChI is InChI=1S/C14H11F3O2/c1-18-13-8-7-11(9-12(13)14(15,16)17)19-10-5-3-2-4-6-10/h2-9H,1H3. The van der Waals surface area contributed by atoms with Crippen LogP contribution in [0.15, 0.2) is 48.5 Å². The largest absolute Gasteiger partial charge is 0.496 e. The lowest BCUT2D eigenvalue weighted by Gasteiger charge is -2.13. The van der Waals surface area contributed by atoms with E-state index in [0.29, 0.717) is 5.75 Å². The Bertz CT molecular complexity index is 550. The molecule has 0 bridgehead atoms. The minimum Gasteiger partial charge on any atom is -0.496 e. The molecule has 2 aromatic rings. The summed E-state index contributed by atoms with van der Waals surface area (Å²) in [5.74, 6) is 0.355. The minimum absolute atomic E-state index is 0.110. The lowest BCUT2D eigenvalue weighted by molar-refractivity contribution is -0.138. The molecule has 19 heavy (non-hydrogen) atoms. The summed E-state index contributed by atoms with van der Waals surface area (Å²) in [5.41, 5.74) is -0.858. The highest BCUT2D eigenvalue weighted by molar-refractivity contribution is 5.43. The Kier molecular flexibility index (Phi) is 3.64. The van der Waals surface area contributed by atoms with E-state index in [4.69, 9.17) is 9.47 Å². The van der Waals surface area contributed by atoms with E-state index in [0.717, 1.165) is 6.07 Å². The van der Waals surface area contributed by atoms with Crippen molar-refractivity contribution in [3.8, 4) is 17.2 Å². The molecule has 0 saturated heterocycles. The van der Waals surface area contributed by atoms with Crippen LogP contribution in [0.4, 0.5) is 13.2 Å². The number of benzene rings is 2. The Morgan fingerprint density at radius 1 is 0.895 bits per heavy atom. The van der Waals surface area contributed by atoms with Crippen LogP contribution in [0, 0.1) is 0 Å².